The third kappa shape index (κ3) is 7.19. The van der Waals surface area contributed by atoms with E-state index in [2.05, 4.69) is 17.3 Å². The summed E-state index contributed by atoms with van der Waals surface area (Å²) in [7, 11) is 2.08. The molecule has 174 valence electrons. The summed E-state index contributed by atoms with van der Waals surface area (Å²) >= 11 is 0. The molecule has 1 atom stereocenters. The molecule has 2 aromatic rings. The molecule has 0 aromatic heterocycles. The van der Waals surface area contributed by atoms with E-state index in [0.717, 1.165) is 49.7 Å². The van der Waals surface area contributed by atoms with E-state index in [0.29, 0.717) is 6.54 Å². The van der Waals surface area contributed by atoms with Gasteiger partial charge >= 0.3 is 6.03 Å². The van der Waals surface area contributed by atoms with Gasteiger partial charge in [0.15, 0.2) is 0 Å². The zero-order valence-corrected chi connectivity index (χ0v) is 19.1. The SMILES string of the molecule is CC(C)Oc1ccc(CN(Cc2ccc(F)cc2F)C(=O)N[C@H]2CCCN(C)CC2)cc1. The van der Waals surface area contributed by atoms with Crippen LogP contribution in [0.3, 0.4) is 0 Å². The van der Waals surface area contributed by atoms with Crippen molar-refractivity contribution >= 4 is 6.03 Å². The molecule has 1 heterocycles. The van der Waals surface area contributed by atoms with Crippen LogP contribution in [0.15, 0.2) is 42.5 Å². The quantitative estimate of drug-likeness (QED) is 0.656. The fourth-order valence-electron chi connectivity index (χ4n) is 3.87. The second-order valence-corrected chi connectivity index (χ2v) is 8.78. The first-order valence-electron chi connectivity index (χ1n) is 11.2. The number of carbonyl (C=O) groups is 1. The molecular weight excluding hydrogens is 412 g/mol. The van der Waals surface area contributed by atoms with Crippen LogP contribution in [0.5, 0.6) is 5.75 Å². The zero-order valence-electron chi connectivity index (χ0n) is 19.1. The summed E-state index contributed by atoms with van der Waals surface area (Å²) < 4.78 is 33.4. The van der Waals surface area contributed by atoms with E-state index in [4.69, 9.17) is 4.74 Å². The highest BCUT2D eigenvalue weighted by Gasteiger charge is 2.22. The minimum absolute atomic E-state index is 0.0504. The third-order valence-corrected chi connectivity index (χ3v) is 5.61. The number of carbonyl (C=O) groups excluding carboxylic acids is 1. The lowest BCUT2D eigenvalue weighted by molar-refractivity contribution is 0.186. The standard InChI is InChI=1S/C25H33F2N3O2/c1-18(2)32-23-10-6-19(7-11-23)16-30(17-20-8-9-21(26)15-24(20)27)25(31)28-22-5-4-13-29(3)14-12-22/h6-11,15,18,22H,4-5,12-14,16-17H2,1-3H3,(H,28,31)/t22-/m0/s1. The van der Waals surface area contributed by atoms with Crippen molar-refractivity contribution in [3.63, 3.8) is 0 Å². The summed E-state index contributed by atoms with van der Waals surface area (Å²) in [5.41, 5.74) is 1.18. The maximum absolute atomic E-state index is 14.3. The van der Waals surface area contributed by atoms with Crippen LogP contribution in [0, 0.1) is 11.6 Å². The summed E-state index contributed by atoms with van der Waals surface area (Å²) in [5, 5.41) is 3.13. The molecule has 1 N–H and O–H groups in total. The van der Waals surface area contributed by atoms with Gasteiger partial charge in [-0.25, -0.2) is 13.6 Å². The Balaban J connectivity index is 1.74. The molecule has 2 amide bonds. The third-order valence-electron chi connectivity index (χ3n) is 5.61. The van der Waals surface area contributed by atoms with E-state index in [1.54, 1.807) is 4.90 Å². The van der Waals surface area contributed by atoms with Gasteiger partial charge < -0.3 is 19.9 Å². The van der Waals surface area contributed by atoms with Gasteiger partial charge in [-0.15, -0.1) is 0 Å². The van der Waals surface area contributed by atoms with Crippen molar-refractivity contribution in [2.75, 3.05) is 20.1 Å². The molecule has 7 heteroatoms. The Labute approximate surface area is 189 Å². The maximum Gasteiger partial charge on any atom is 0.318 e. The number of halogens is 2. The van der Waals surface area contributed by atoms with E-state index in [-0.39, 0.29) is 30.3 Å². The second kappa shape index (κ2) is 11.3. The van der Waals surface area contributed by atoms with Crippen molar-refractivity contribution < 1.29 is 18.3 Å². The predicted molar refractivity (Wildman–Crippen MR) is 121 cm³/mol. The molecule has 2 aromatic carbocycles. The second-order valence-electron chi connectivity index (χ2n) is 8.78. The molecule has 0 bridgehead atoms. The van der Waals surface area contributed by atoms with Gasteiger partial charge in [0, 0.05) is 24.2 Å². The zero-order chi connectivity index (χ0) is 23.1. The van der Waals surface area contributed by atoms with Crippen molar-refractivity contribution in [3.8, 4) is 5.75 Å². The molecular formula is C25H33F2N3O2. The van der Waals surface area contributed by atoms with E-state index in [9.17, 15) is 13.6 Å². The van der Waals surface area contributed by atoms with Gasteiger partial charge in [-0.1, -0.05) is 18.2 Å². The molecule has 5 nitrogen and oxygen atoms in total. The van der Waals surface area contributed by atoms with Gasteiger partial charge in [0.1, 0.15) is 17.4 Å². The number of benzene rings is 2. The summed E-state index contributed by atoms with van der Waals surface area (Å²) in [6.45, 7) is 6.22. The van der Waals surface area contributed by atoms with E-state index < -0.39 is 11.6 Å². The molecule has 0 spiro atoms. The van der Waals surface area contributed by atoms with Gasteiger partial charge in [-0.3, -0.25) is 0 Å². The molecule has 0 unspecified atom stereocenters. The molecule has 32 heavy (non-hydrogen) atoms. The Hall–Kier alpha value is -2.67. The number of likely N-dealkylation sites (tertiary alicyclic amines) is 1. The molecule has 0 aliphatic carbocycles. The Kier molecular flexibility index (Phi) is 8.45. The molecule has 3 rings (SSSR count). The van der Waals surface area contributed by atoms with Crippen molar-refractivity contribution in [2.24, 2.45) is 0 Å². The molecule has 1 fully saturated rings. The van der Waals surface area contributed by atoms with Crippen LogP contribution in [0.4, 0.5) is 13.6 Å². The van der Waals surface area contributed by atoms with Crippen LogP contribution in [-0.2, 0) is 13.1 Å². The van der Waals surface area contributed by atoms with Crippen LogP contribution in [0.2, 0.25) is 0 Å². The minimum Gasteiger partial charge on any atom is -0.491 e. The van der Waals surface area contributed by atoms with Crippen LogP contribution >= 0.6 is 0 Å². The average Bonchev–Trinajstić information content (AvgIpc) is 2.94. The van der Waals surface area contributed by atoms with Gasteiger partial charge in [0.2, 0.25) is 0 Å². The number of rotatable bonds is 7. The highest BCUT2D eigenvalue weighted by molar-refractivity contribution is 5.74. The van der Waals surface area contributed by atoms with Gasteiger partial charge in [0.05, 0.1) is 12.6 Å². The molecule has 1 aliphatic rings. The molecule has 0 saturated carbocycles. The first-order chi connectivity index (χ1) is 15.3. The van der Waals surface area contributed by atoms with Crippen molar-refractivity contribution in [1.29, 1.82) is 0 Å². The summed E-state index contributed by atoms with van der Waals surface area (Å²) in [5.74, 6) is -0.531. The van der Waals surface area contributed by atoms with Crippen LogP contribution in [0.25, 0.3) is 0 Å². The first-order valence-corrected chi connectivity index (χ1v) is 11.2. The number of nitrogens with zero attached hydrogens (tertiary/aromatic N) is 2. The average molecular weight is 446 g/mol. The lowest BCUT2D eigenvalue weighted by atomic mass is 10.1. The van der Waals surface area contributed by atoms with Crippen molar-refractivity contribution in [1.82, 2.24) is 15.1 Å². The van der Waals surface area contributed by atoms with E-state index in [1.165, 1.54) is 12.1 Å². The molecule has 1 aliphatic heterocycles. The number of urea groups is 1. The molecule has 0 radical (unpaired) electrons. The van der Waals surface area contributed by atoms with Crippen LogP contribution in [-0.4, -0.2) is 48.1 Å². The lowest BCUT2D eigenvalue weighted by Gasteiger charge is -2.27. The predicted octanol–water partition coefficient (Wildman–Crippen LogP) is 4.95. The number of hydrogen-bond acceptors (Lipinski definition) is 3. The van der Waals surface area contributed by atoms with Crippen LogP contribution < -0.4 is 10.1 Å². The van der Waals surface area contributed by atoms with Crippen LogP contribution in [0.1, 0.15) is 44.2 Å². The maximum atomic E-state index is 14.3. The van der Waals surface area contributed by atoms with Crippen molar-refractivity contribution in [3.05, 3.63) is 65.2 Å². The Morgan fingerprint density at radius 3 is 2.56 bits per heavy atom. The number of nitrogens with one attached hydrogen (secondary N) is 1. The number of amides is 2. The van der Waals surface area contributed by atoms with Gasteiger partial charge in [-0.2, -0.15) is 0 Å². The summed E-state index contributed by atoms with van der Waals surface area (Å²) in [4.78, 5) is 17.0. The fourth-order valence-corrected chi connectivity index (χ4v) is 3.87. The minimum atomic E-state index is -0.653. The number of ether oxygens (including phenoxy) is 1. The largest absolute Gasteiger partial charge is 0.491 e. The van der Waals surface area contributed by atoms with Gasteiger partial charge in [0.25, 0.3) is 0 Å². The Bertz CT molecular complexity index is 889. The normalized spacial score (nSPS) is 17.1. The Morgan fingerprint density at radius 2 is 1.88 bits per heavy atom. The first kappa shape index (κ1) is 24.0. The number of hydrogen-bond donors (Lipinski definition) is 1. The summed E-state index contributed by atoms with van der Waals surface area (Å²) in [6, 6.07) is 10.8. The van der Waals surface area contributed by atoms with Crippen molar-refractivity contribution in [2.45, 2.75) is 58.3 Å². The highest BCUT2D eigenvalue weighted by Crippen LogP contribution is 2.19. The highest BCUT2D eigenvalue weighted by atomic mass is 19.1. The van der Waals surface area contributed by atoms with Gasteiger partial charge in [-0.05, 0) is 77.0 Å². The Morgan fingerprint density at radius 1 is 1.12 bits per heavy atom. The smallest absolute Gasteiger partial charge is 0.318 e. The topological polar surface area (TPSA) is 44.8 Å². The molecule has 1 saturated heterocycles. The van der Waals surface area contributed by atoms with E-state index in [1.807, 2.05) is 38.1 Å². The fraction of sp³-hybridized carbons (Fsp3) is 0.480. The summed E-state index contributed by atoms with van der Waals surface area (Å²) in [6.07, 6.45) is 2.88. The monoisotopic (exact) mass is 445 g/mol. The van der Waals surface area contributed by atoms with E-state index >= 15 is 0 Å². The lowest BCUT2D eigenvalue weighted by Crippen LogP contribution is -2.44.